The van der Waals surface area contributed by atoms with Crippen LogP contribution in [0.1, 0.15) is 29.0 Å². The predicted molar refractivity (Wildman–Crippen MR) is 83.0 cm³/mol. The second-order valence-corrected chi connectivity index (χ2v) is 6.25. The Morgan fingerprint density at radius 3 is 2.75 bits per heavy atom. The minimum Gasteiger partial charge on any atom is -0.271 e. The summed E-state index contributed by atoms with van der Waals surface area (Å²) in [7, 11) is 1.92. The van der Waals surface area contributed by atoms with Crippen LogP contribution in [0.2, 0.25) is 5.02 Å². The summed E-state index contributed by atoms with van der Waals surface area (Å²) in [6, 6.07) is 0.0918. The standard InChI is InChI=1S/C13H20ClN5S/c1-4-11-13(14)12(19(3)18-11)6-9(17-15)5-10-7-20-8(2)16-10/h7,9,17H,4-6,15H2,1-3H3. The Balaban J connectivity index is 2.12. The second kappa shape index (κ2) is 6.67. The molecule has 0 amide bonds. The fourth-order valence-corrected chi connectivity index (χ4v) is 3.22. The first kappa shape index (κ1) is 15.4. The van der Waals surface area contributed by atoms with Gasteiger partial charge in [0.2, 0.25) is 0 Å². The summed E-state index contributed by atoms with van der Waals surface area (Å²) in [5, 5.41) is 8.33. The van der Waals surface area contributed by atoms with Crippen LogP contribution >= 0.6 is 22.9 Å². The molecule has 0 spiro atoms. The van der Waals surface area contributed by atoms with E-state index in [2.05, 4.69) is 27.8 Å². The molecule has 0 aromatic carbocycles. The number of hydrogen-bond acceptors (Lipinski definition) is 5. The van der Waals surface area contributed by atoms with E-state index in [4.69, 9.17) is 17.4 Å². The first-order valence-corrected chi connectivity index (χ1v) is 7.88. The molecule has 0 bridgehead atoms. The molecule has 0 saturated heterocycles. The fraction of sp³-hybridized carbons (Fsp3) is 0.538. The maximum Gasteiger partial charge on any atom is 0.0897 e. The summed E-state index contributed by atoms with van der Waals surface area (Å²) in [5.74, 6) is 5.67. The van der Waals surface area contributed by atoms with Crippen LogP contribution in [-0.4, -0.2) is 20.8 Å². The van der Waals surface area contributed by atoms with Crippen molar-refractivity contribution in [2.45, 2.75) is 39.2 Å². The first-order chi connectivity index (χ1) is 9.55. The van der Waals surface area contributed by atoms with Crippen molar-refractivity contribution in [2.24, 2.45) is 12.9 Å². The predicted octanol–water partition coefficient (Wildman–Crippen LogP) is 2.02. The monoisotopic (exact) mass is 313 g/mol. The van der Waals surface area contributed by atoms with E-state index < -0.39 is 0 Å². The van der Waals surface area contributed by atoms with Crippen molar-refractivity contribution in [3.63, 3.8) is 0 Å². The summed E-state index contributed by atoms with van der Waals surface area (Å²) in [6.07, 6.45) is 2.35. The van der Waals surface area contributed by atoms with Crippen molar-refractivity contribution in [2.75, 3.05) is 0 Å². The lowest BCUT2D eigenvalue weighted by molar-refractivity contribution is 0.501. The van der Waals surface area contributed by atoms with Crippen LogP contribution in [0, 0.1) is 6.92 Å². The highest BCUT2D eigenvalue weighted by Gasteiger charge is 2.18. The van der Waals surface area contributed by atoms with Crippen LogP contribution in [0.4, 0.5) is 0 Å². The average molecular weight is 314 g/mol. The van der Waals surface area contributed by atoms with E-state index in [-0.39, 0.29) is 6.04 Å². The van der Waals surface area contributed by atoms with E-state index in [0.717, 1.165) is 46.4 Å². The van der Waals surface area contributed by atoms with Crippen molar-refractivity contribution in [3.05, 3.63) is 32.5 Å². The van der Waals surface area contributed by atoms with Crippen LogP contribution in [0.3, 0.4) is 0 Å². The van der Waals surface area contributed by atoms with Gasteiger partial charge in [-0.25, -0.2) is 4.98 Å². The van der Waals surface area contributed by atoms with E-state index >= 15 is 0 Å². The number of aryl methyl sites for hydroxylation is 3. The van der Waals surface area contributed by atoms with Gasteiger partial charge in [-0.3, -0.25) is 16.0 Å². The lowest BCUT2D eigenvalue weighted by Gasteiger charge is -2.15. The number of nitrogens with one attached hydrogen (secondary N) is 1. The van der Waals surface area contributed by atoms with Gasteiger partial charge in [-0.05, 0) is 13.3 Å². The number of halogens is 1. The molecule has 2 aromatic rings. The van der Waals surface area contributed by atoms with Gasteiger partial charge < -0.3 is 0 Å². The normalized spacial score (nSPS) is 12.8. The minimum absolute atomic E-state index is 0.0918. The van der Waals surface area contributed by atoms with Gasteiger partial charge in [0.15, 0.2) is 0 Å². The van der Waals surface area contributed by atoms with Crippen LogP contribution < -0.4 is 11.3 Å². The molecule has 0 aliphatic carbocycles. The SMILES string of the molecule is CCc1nn(C)c(CC(Cc2csc(C)n2)NN)c1Cl. The number of rotatable bonds is 6. The molecule has 7 heteroatoms. The van der Waals surface area contributed by atoms with Gasteiger partial charge in [0.05, 0.1) is 27.1 Å². The van der Waals surface area contributed by atoms with Gasteiger partial charge in [-0.1, -0.05) is 18.5 Å². The van der Waals surface area contributed by atoms with Crippen LogP contribution in [0.5, 0.6) is 0 Å². The number of hydrogen-bond donors (Lipinski definition) is 2. The van der Waals surface area contributed by atoms with Gasteiger partial charge >= 0.3 is 0 Å². The Hall–Kier alpha value is -0.950. The number of aromatic nitrogens is 3. The third kappa shape index (κ3) is 3.38. The summed E-state index contributed by atoms with van der Waals surface area (Å²) < 4.78 is 1.85. The van der Waals surface area contributed by atoms with Crippen molar-refractivity contribution in [1.29, 1.82) is 0 Å². The van der Waals surface area contributed by atoms with E-state index in [1.54, 1.807) is 11.3 Å². The lowest BCUT2D eigenvalue weighted by Crippen LogP contribution is -2.39. The second-order valence-electron chi connectivity index (χ2n) is 4.81. The number of thiazole rings is 1. The van der Waals surface area contributed by atoms with Crippen molar-refractivity contribution < 1.29 is 0 Å². The maximum atomic E-state index is 6.37. The Morgan fingerprint density at radius 1 is 1.50 bits per heavy atom. The van der Waals surface area contributed by atoms with Gasteiger partial charge in [-0.15, -0.1) is 11.3 Å². The molecule has 20 heavy (non-hydrogen) atoms. The molecule has 2 heterocycles. The Kier molecular flexibility index (Phi) is 5.15. The van der Waals surface area contributed by atoms with Gasteiger partial charge in [0.25, 0.3) is 0 Å². The summed E-state index contributed by atoms with van der Waals surface area (Å²) in [5.41, 5.74) is 5.86. The van der Waals surface area contributed by atoms with E-state index in [9.17, 15) is 0 Å². The Bertz CT molecular complexity index is 577. The molecule has 2 aromatic heterocycles. The fourth-order valence-electron chi connectivity index (χ4n) is 2.22. The van der Waals surface area contributed by atoms with Crippen molar-refractivity contribution >= 4 is 22.9 Å². The number of nitrogens with two attached hydrogens (primary N) is 1. The van der Waals surface area contributed by atoms with E-state index in [0.29, 0.717) is 0 Å². The molecule has 5 nitrogen and oxygen atoms in total. The lowest BCUT2D eigenvalue weighted by atomic mass is 10.1. The molecule has 0 radical (unpaired) electrons. The molecule has 0 fully saturated rings. The van der Waals surface area contributed by atoms with E-state index in [1.165, 1.54) is 0 Å². The zero-order valence-corrected chi connectivity index (χ0v) is 13.6. The highest BCUT2D eigenvalue weighted by atomic mass is 35.5. The van der Waals surface area contributed by atoms with Crippen LogP contribution in [0.25, 0.3) is 0 Å². The molecule has 2 rings (SSSR count). The summed E-state index contributed by atoms with van der Waals surface area (Å²) >= 11 is 8.03. The quantitative estimate of drug-likeness (QED) is 0.632. The highest BCUT2D eigenvalue weighted by molar-refractivity contribution is 7.09. The van der Waals surface area contributed by atoms with Crippen LogP contribution in [0.15, 0.2) is 5.38 Å². The molecule has 0 aliphatic rings. The van der Waals surface area contributed by atoms with Gasteiger partial charge in [-0.2, -0.15) is 5.10 Å². The third-order valence-electron chi connectivity index (χ3n) is 3.30. The Labute approximate surface area is 128 Å². The minimum atomic E-state index is 0.0918. The zero-order chi connectivity index (χ0) is 14.7. The average Bonchev–Trinajstić information content (AvgIpc) is 2.95. The van der Waals surface area contributed by atoms with Gasteiger partial charge in [0.1, 0.15) is 0 Å². The smallest absolute Gasteiger partial charge is 0.0897 e. The number of nitrogens with zero attached hydrogens (tertiary/aromatic N) is 3. The van der Waals surface area contributed by atoms with E-state index in [1.807, 2.05) is 18.7 Å². The largest absolute Gasteiger partial charge is 0.271 e. The molecule has 0 saturated carbocycles. The zero-order valence-electron chi connectivity index (χ0n) is 12.0. The maximum absolute atomic E-state index is 6.37. The molecule has 1 atom stereocenters. The highest BCUT2D eigenvalue weighted by Crippen LogP contribution is 2.22. The molecular formula is C13H20ClN5S. The summed E-state index contributed by atoms with van der Waals surface area (Å²) in [4.78, 5) is 4.47. The topological polar surface area (TPSA) is 68.8 Å². The molecule has 110 valence electrons. The molecular weight excluding hydrogens is 294 g/mol. The molecule has 3 N–H and O–H groups in total. The van der Waals surface area contributed by atoms with Crippen LogP contribution in [-0.2, 0) is 26.3 Å². The van der Waals surface area contributed by atoms with Gasteiger partial charge in [0, 0.05) is 31.3 Å². The molecule has 0 aliphatic heterocycles. The third-order valence-corrected chi connectivity index (χ3v) is 4.56. The van der Waals surface area contributed by atoms with Crippen molar-refractivity contribution in [3.8, 4) is 0 Å². The van der Waals surface area contributed by atoms with Crippen molar-refractivity contribution in [1.82, 2.24) is 20.2 Å². The first-order valence-electron chi connectivity index (χ1n) is 6.62. The molecule has 1 unspecified atom stereocenters. The number of hydrazine groups is 1. The summed E-state index contributed by atoms with van der Waals surface area (Å²) in [6.45, 7) is 4.05. The Morgan fingerprint density at radius 2 is 2.25 bits per heavy atom.